The number of rotatable bonds is 7. The molecule has 5 heteroatoms. The van der Waals surface area contributed by atoms with Crippen LogP contribution in [0.5, 0.6) is 0 Å². The van der Waals surface area contributed by atoms with Crippen molar-refractivity contribution in [3.05, 3.63) is 66.2 Å². The molecular formula is C16H20N2O2S. The van der Waals surface area contributed by atoms with E-state index < -0.39 is 10.2 Å². The molecule has 0 radical (unpaired) electrons. The fourth-order valence-electron chi connectivity index (χ4n) is 1.97. The van der Waals surface area contributed by atoms with Crippen molar-refractivity contribution in [1.82, 2.24) is 4.72 Å². The van der Waals surface area contributed by atoms with E-state index in [1.54, 1.807) is 12.1 Å². The fourth-order valence-corrected chi connectivity index (χ4v) is 3.30. The van der Waals surface area contributed by atoms with E-state index in [1.807, 2.05) is 55.5 Å². The lowest BCUT2D eigenvalue weighted by Crippen LogP contribution is -2.40. The molecular weight excluding hydrogens is 284 g/mol. The molecule has 0 atom stereocenters. The Morgan fingerprint density at radius 2 is 1.52 bits per heavy atom. The van der Waals surface area contributed by atoms with E-state index in [0.717, 1.165) is 12.0 Å². The first kappa shape index (κ1) is 15.5. The Bertz CT molecular complexity index is 642. The molecule has 0 aliphatic rings. The van der Waals surface area contributed by atoms with Gasteiger partial charge in [-0.05, 0) is 24.1 Å². The highest BCUT2D eigenvalue weighted by molar-refractivity contribution is 7.90. The third kappa shape index (κ3) is 4.31. The molecule has 0 aliphatic heterocycles. The van der Waals surface area contributed by atoms with Gasteiger partial charge in [0.1, 0.15) is 0 Å². The zero-order valence-electron chi connectivity index (χ0n) is 12.1. The number of hydrogen-bond donors (Lipinski definition) is 1. The standard InChI is InChI=1S/C16H20N2O2S/c1-2-13-17-21(19,20)18(16-11-7-4-8-12-16)14-15-9-5-3-6-10-15/h3-12,17H,2,13-14H2,1H3. The van der Waals surface area contributed by atoms with E-state index in [4.69, 9.17) is 0 Å². The number of para-hydroxylation sites is 1. The quantitative estimate of drug-likeness (QED) is 0.855. The molecule has 4 nitrogen and oxygen atoms in total. The minimum atomic E-state index is -3.55. The Morgan fingerprint density at radius 3 is 2.10 bits per heavy atom. The molecule has 112 valence electrons. The van der Waals surface area contributed by atoms with E-state index in [9.17, 15) is 8.42 Å². The number of hydrogen-bond acceptors (Lipinski definition) is 2. The van der Waals surface area contributed by atoms with Gasteiger partial charge in [-0.2, -0.15) is 13.1 Å². The number of benzene rings is 2. The second-order valence-electron chi connectivity index (χ2n) is 4.73. The highest BCUT2D eigenvalue weighted by atomic mass is 32.2. The Hall–Kier alpha value is -1.85. The predicted molar refractivity (Wildman–Crippen MR) is 86.3 cm³/mol. The van der Waals surface area contributed by atoms with Gasteiger partial charge in [-0.3, -0.25) is 4.31 Å². The highest BCUT2D eigenvalue weighted by Crippen LogP contribution is 2.19. The van der Waals surface area contributed by atoms with Crippen LogP contribution >= 0.6 is 0 Å². The van der Waals surface area contributed by atoms with Crippen LogP contribution in [0.2, 0.25) is 0 Å². The van der Waals surface area contributed by atoms with Crippen molar-refractivity contribution >= 4 is 15.9 Å². The van der Waals surface area contributed by atoms with Crippen molar-refractivity contribution in [2.75, 3.05) is 10.8 Å². The first-order valence-corrected chi connectivity index (χ1v) is 8.44. The average Bonchev–Trinajstić information content (AvgIpc) is 2.52. The summed E-state index contributed by atoms with van der Waals surface area (Å²) < 4.78 is 29.0. The lowest BCUT2D eigenvalue weighted by atomic mass is 10.2. The van der Waals surface area contributed by atoms with Crippen molar-refractivity contribution < 1.29 is 8.42 Å². The molecule has 2 aromatic rings. The maximum absolute atomic E-state index is 12.5. The van der Waals surface area contributed by atoms with Gasteiger partial charge in [0.05, 0.1) is 12.2 Å². The molecule has 0 spiro atoms. The van der Waals surface area contributed by atoms with E-state index in [0.29, 0.717) is 18.8 Å². The summed E-state index contributed by atoms with van der Waals surface area (Å²) in [5, 5.41) is 0. The van der Waals surface area contributed by atoms with Gasteiger partial charge in [0.15, 0.2) is 0 Å². The van der Waals surface area contributed by atoms with Gasteiger partial charge >= 0.3 is 10.2 Å². The average molecular weight is 304 g/mol. The fraction of sp³-hybridized carbons (Fsp3) is 0.250. The predicted octanol–water partition coefficient (Wildman–Crippen LogP) is 2.94. The van der Waals surface area contributed by atoms with Crippen LogP contribution in [0, 0.1) is 0 Å². The van der Waals surface area contributed by atoms with Gasteiger partial charge in [0.25, 0.3) is 0 Å². The molecule has 2 aromatic carbocycles. The van der Waals surface area contributed by atoms with Crippen molar-refractivity contribution in [3.63, 3.8) is 0 Å². The summed E-state index contributed by atoms with van der Waals surface area (Å²) in [4.78, 5) is 0. The van der Waals surface area contributed by atoms with Crippen LogP contribution in [0.15, 0.2) is 60.7 Å². The molecule has 0 bridgehead atoms. The van der Waals surface area contributed by atoms with Gasteiger partial charge in [-0.15, -0.1) is 0 Å². The summed E-state index contributed by atoms with van der Waals surface area (Å²) in [7, 11) is -3.55. The van der Waals surface area contributed by atoms with Crippen LogP contribution < -0.4 is 9.03 Å². The molecule has 0 fully saturated rings. The molecule has 0 saturated carbocycles. The second-order valence-corrected chi connectivity index (χ2v) is 6.41. The monoisotopic (exact) mass is 304 g/mol. The summed E-state index contributed by atoms with van der Waals surface area (Å²) in [6.07, 6.45) is 0.757. The maximum Gasteiger partial charge on any atom is 0.301 e. The molecule has 0 aromatic heterocycles. The summed E-state index contributed by atoms with van der Waals surface area (Å²) in [6.45, 7) is 2.68. The molecule has 0 heterocycles. The first-order chi connectivity index (χ1) is 10.1. The number of nitrogens with one attached hydrogen (secondary N) is 1. The molecule has 0 saturated heterocycles. The van der Waals surface area contributed by atoms with Crippen molar-refractivity contribution in [1.29, 1.82) is 0 Å². The summed E-state index contributed by atoms with van der Waals surface area (Å²) in [5.41, 5.74) is 1.60. The molecule has 0 aliphatic carbocycles. The largest absolute Gasteiger partial charge is 0.301 e. The highest BCUT2D eigenvalue weighted by Gasteiger charge is 2.21. The Kier molecular flexibility index (Phi) is 5.36. The molecule has 2 rings (SSSR count). The summed E-state index contributed by atoms with van der Waals surface area (Å²) >= 11 is 0. The number of anilines is 1. The SMILES string of the molecule is CCCNS(=O)(=O)N(Cc1ccccc1)c1ccccc1. The van der Waals surface area contributed by atoms with E-state index in [-0.39, 0.29) is 0 Å². The van der Waals surface area contributed by atoms with Crippen LogP contribution in [0.4, 0.5) is 5.69 Å². The third-order valence-corrected chi connectivity index (χ3v) is 4.53. The minimum absolute atomic E-state index is 0.309. The molecule has 1 N–H and O–H groups in total. The van der Waals surface area contributed by atoms with Gasteiger partial charge in [-0.25, -0.2) is 0 Å². The van der Waals surface area contributed by atoms with Crippen molar-refractivity contribution in [2.45, 2.75) is 19.9 Å². The molecule has 21 heavy (non-hydrogen) atoms. The van der Waals surface area contributed by atoms with Gasteiger partial charge in [0.2, 0.25) is 0 Å². The minimum Gasteiger partial charge on any atom is -0.253 e. The van der Waals surface area contributed by atoms with Crippen LogP contribution in [0.1, 0.15) is 18.9 Å². The smallest absolute Gasteiger partial charge is 0.253 e. The van der Waals surface area contributed by atoms with E-state index >= 15 is 0 Å². The topological polar surface area (TPSA) is 49.4 Å². The summed E-state index contributed by atoms with van der Waals surface area (Å²) in [5.74, 6) is 0. The number of nitrogens with zero attached hydrogens (tertiary/aromatic N) is 1. The van der Waals surface area contributed by atoms with Gasteiger partial charge < -0.3 is 0 Å². The lowest BCUT2D eigenvalue weighted by molar-refractivity contribution is 0.575. The van der Waals surface area contributed by atoms with Gasteiger partial charge in [0, 0.05) is 6.54 Å². The molecule has 0 unspecified atom stereocenters. The summed E-state index contributed by atoms with van der Waals surface area (Å²) in [6, 6.07) is 18.7. The second kappa shape index (κ2) is 7.24. The van der Waals surface area contributed by atoms with Gasteiger partial charge in [-0.1, -0.05) is 55.5 Å². The van der Waals surface area contributed by atoms with Crippen LogP contribution in [0.25, 0.3) is 0 Å². The Morgan fingerprint density at radius 1 is 0.952 bits per heavy atom. The Labute approximate surface area is 126 Å². The third-order valence-electron chi connectivity index (χ3n) is 3.04. The molecule has 0 amide bonds. The van der Waals surface area contributed by atoms with Crippen molar-refractivity contribution in [3.8, 4) is 0 Å². The van der Waals surface area contributed by atoms with Crippen LogP contribution in [-0.4, -0.2) is 15.0 Å². The van der Waals surface area contributed by atoms with Crippen LogP contribution in [0.3, 0.4) is 0 Å². The maximum atomic E-state index is 12.5. The zero-order chi connectivity index (χ0) is 15.1. The van der Waals surface area contributed by atoms with E-state index in [2.05, 4.69) is 4.72 Å². The van der Waals surface area contributed by atoms with Crippen molar-refractivity contribution in [2.24, 2.45) is 0 Å². The lowest BCUT2D eigenvalue weighted by Gasteiger charge is -2.24. The Balaban J connectivity index is 2.31. The van der Waals surface area contributed by atoms with Crippen LogP contribution in [-0.2, 0) is 16.8 Å². The van der Waals surface area contributed by atoms with E-state index in [1.165, 1.54) is 4.31 Å². The first-order valence-electron chi connectivity index (χ1n) is 7.00. The normalized spacial score (nSPS) is 11.3. The zero-order valence-corrected chi connectivity index (χ0v) is 12.9.